The van der Waals surface area contributed by atoms with Gasteiger partial charge in [-0.2, -0.15) is 0 Å². The minimum Gasteiger partial charge on any atom is -0.448 e. The Labute approximate surface area is 125 Å². The highest BCUT2D eigenvalue weighted by atomic mass is 16.7. The molecule has 0 bridgehead atoms. The molecule has 0 radical (unpaired) electrons. The minimum atomic E-state index is -1.03. The lowest BCUT2D eigenvalue weighted by atomic mass is 10.1. The number of furan rings is 1. The number of Topliss-reactive ketones (excluding diaryl/α,β-unsaturated/α-hetero) is 1. The lowest BCUT2D eigenvalue weighted by Crippen LogP contribution is -2.24. The number of nitrogens with zero attached hydrogens (tertiary/aromatic N) is 1. The standard InChI is InChI=1S/C15H13NO6/c1-9-3-5-11(6-4-9)14(17)10(2)21-15(18)12-7-8-13(22-12)16(19)20/h3-8,10H,1-2H3/t10-/m1/s1. The Morgan fingerprint density at radius 3 is 2.36 bits per heavy atom. The maximum absolute atomic E-state index is 12.1. The summed E-state index contributed by atoms with van der Waals surface area (Å²) < 4.78 is 9.70. The quantitative estimate of drug-likeness (QED) is 0.364. The summed E-state index contributed by atoms with van der Waals surface area (Å²) in [5.41, 5.74) is 1.42. The molecule has 0 aliphatic heterocycles. The van der Waals surface area contributed by atoms with Gasteiger partial charge in [-0.25, -0.2) is 4.79 Å². The van der Waals surface area contributed by atoms with Crippen LogP contribution in [0.4, 0.5) is 5.88 Å². The molecule has 0 amide bonds. The highest BCUT2D eigenvalue weighted by molar-refractivity contribution is 6.01. The number of carbonyl (C=O) groups is 2. The highest BCUT2D eigenvalue weighted by Crippen LogP contribution is 2.17. The van der Waals surface area contributed by atoms with Crippen LogP contribution in [0.5, 0.6) is 0 Å². The van der Waals surface area contributed by atoms with E-state index in [0.717, 1.165) is 17.7 Å². The van der Waals surface area contributed by atoms with Gasteiger partial charge in [0.05, 0.1) is 6.07 Å². The van der Waals surface area contributed by atoms with Crippen LogP contribution < -0.4 is 0 Å². The molecule has 2 aromatic rings. The Balaban J connectivity index is 2.05. The second-order valence-electron chi connectivity index (χ2n) is 4.67. The number of hydrogen-bond acceptors (Lipinski definition) is 6. The summed E-state index contributed by atoms with van der Waals surface area (Å²) in [6.07, 6.45) is -1.03. The Kier molecular flexibility index (Phi) is 4.36. The van der Waals surface area contributed by atoms with Crippen LogP contribution in [0.25, 0.3) is 0 Å². The molecule has 1 aromatic carbocycles. The fourth-order valence-corrected chi connectivity index (χ4v) is 1.76. The Hall–Kier alpha value is -2.96. The second-order valence-corrected chi connectivity index (χ2v) is 4.67. The summed E-state index contributed by atoms with van der Waals surface area (Å²) in [6, 6.07) is 9.00. The van der Waals surface area contributed by atoms with Gasteiger partial charge in [0, 0.05) is 5.56 Å². The maximum Gasteiger partial charge on any atom is 0.433 e. The molecule has 1 heterocycles. The third-order valence-corrected chi connectivity index (χ3v) is 2.96. The van der Waals surface area contributed by atoms with E-state index in [1.807, 2.05) is 6.92 Å². The minimum absolute atomic E-state index is 0.324. The zero-order valence-corrected chi connectivity index (χ0v) is 11.9. The van der Waals surface area contributed by atoms with E-state index < -0.39 is 22.9 Å². The van der Waals surface area contributed by atoms with Crippen molar-refractivity contribution in [2.45, 2.75) is 20.0 Å². The number of aryl methyl sites for hydroxylation is 1. The van der Waals surface area contributed by atoms with Gasteiger partial charge < -0.3 is 9.15 Å². The number of ether oxygens (including phenoxy) is 1. The van der Waals surface area contributed by atoms with Gasteiger partial charge in [0.2, 0.25) is 11.5 Å². The number of rotatable bonds is 5. The van der Waals surface area contributed by atoms with Crippen LogP contribution in [0, 0.1) is 17.0 Å². The molecular formula is C15H13NO6. The number of carbonyl (C=O) groups excluding carboxylic acids is 2. The molecule has 0 N–H and O–H groups in total. The van der Waals surface area contributed by atoms with Gasteiger partial charge in [0.1, 0.15) is 4.92 Å². The first-order valence-corrected chi connectivity index (χ1v) is 6.44. The number of esters is 1. The molecule has 0 spiro atoms. The van der Waals surface area contributed by atoms with Crippen molar-refractivity contribution >= 4 is 17.6 Å². The van der Waals surface area contributed by atoms with Crippen LogP contribution >= 0.6 is 0 Å². The molecule has 0 aliphatic rings. The average Bonchev–Trinajstić information content (AvgIpc) is 2.97. The van der Waals surface area contributed by atoms with Crippen molar-refractivity contribution in [2.75, 3.05) is 0 Å². The van der Waals surface area contributed by atoms with E-state index in [9.17, 15) is 19.7 Å². The molecule has 22 heavy (non-hydrogen) atoms. The Bertz CT molecular complexity index is 716. The van der Waals surface area contributed by atoms with Crippen LogP contribution in [0.2, 0.25) is 0 Å². The number of ketones is 1. The zero-order chi connectivity index (χ0) is 16.3. The average molecular weight is 303 g/mol. The topological polar surface area (TPSA) is 99.7 Å². The van der Waals surface area contributed by atoms with Gasteiger partial charge in [0.15, 0.2) is 6.10 Å². The summed E-state index contributed by atoms with van der Waals surface area (Å²) in [6.45, 7) is 3.32. The summed E-state index contributed by atoms with van der Waals surface area (Å²) in [5.74, 6) is -2.19. The Morgan fingerprint density at radius 1 is 1.18 bits per heavy atom. The van der Waals surface area contributed by atoms with Crippen molar-refractivity contribution < 1.29 is 23.7 Å². The van der Waals surface area contributed by atoms with Crippen LogP contribution in [0.3, 0.4) is 0 Å². The van der Waals surface area contributed by atoms with Gasteiger partial charge in [-0.1, -0.05) is 29.8 Å². The third-order valence-electron chi connectivity index (χ3n) is 2.96. The molecule has 1 atom stereocenters. The molecule has 7 heteroatoms. The van der Waals surface area contributed by atoms with Crippen LogP contribution in [0.15, 0.2) is 40.8 Å². The van der Waals surface area contributed by atoms with Crippen molar-refractivity contribution in [3.05, 3.63) is 63.4 Å². The predicted molar refractivity (Wildman–Crippen MR) is 75.7 cm³/mol. The second kappa shape index (κ2) is 6.21. The Morgan fingerprint density at radius 2 is 1.82 bits per heavy atom. The molecule has 7 nitrogen and oxygen atoms in total. The summed E-state index contributed by atoms with van der Waals surface area (Å²) in [4.78, 5) is 33.6. The maximum atomic E-state index is 12.1. The van der Waals surface area contributed by atoms with Crippen molar-refractivity contribution in [2.24, 2.45) is 0 Å². The molecule has 0 fully saturated rings. The first-order valence-electron chi connectivity index (χ1n) is 6.44. The van der Waals surface area contributed by atoms with Crippen LogP contribution in [0.1, 0.15) is 33.4 Å². The van der Waals surface area contributed by atoms with Gasteiger partial charge in [-0.3, -0.25) is 14.9 Å². The van der Waals surface area contributed by atoms with E-state index in [2.05, 4.69) is 0 Å². The van der Waals surface area contributed by atoms with Crippen molar-refractivity contribution in [3.8, 4) is 0 Å². The lowest BCUT2D eigenvalue weighted by Gasteiger charge is -2.11. The number of nitro groups is 1. The fraction of sp³-hybridized carbons (Fsp3) is 0.200. The molecule has 0 aliphatic carbocycles. The van der Waals surface area contributed by atoms with Gasteiger partial charge in [-0.05, 0) is 19.9 Å². The first-order chi connectivity index (χ1) is 10.4. The van der Waals surface area contributed by atoms with Crippen molar-refractivity contribution in [1.29, 1.82) is 0 Å². The zero-order valence-electron chi connectivity index (χ0n) is 11.9. The molecule has 0 unspecified atom stereocenters. The van der Waals surface area contributed by atoms with Crippen molar-refractivity contribution in [1.82, 2.24) is 0 Å². The lowest BCUT2D eigenvalue weighted by molar-refractivity contribution is -0.402. The van der Waals surface area contributed by atoms with E-state index >= 15 is 0 Å². The molecular weight excluding hydrogens is 290 g/mol. The first kappa shape index (κ1) is 15.4. The molecule has 0 saturated heterocycles. The van der Waals surface area contributed by atoms with Gasteiger partial charge in [0.25, 0.3) is 0 Å². The SMILES string of the molecule is Cc1ccc(C(=O)[C@@H](C)OC(=O)c2ccc([N+](=O)[O-])o2)cc1. The fourth-order valence-electron chi connectivity index (χ4n) is 1.76. The predicted octanol–water partition coefficient (Wildman–Crippen LogP) is 2.92. The summed E-state index contributed by atoms with van der Waals surface area (Å²) >= 11 is 0. The van der Waals surface area contributed by atoms with Gasteiger partial charge in [-0.15, -0.1) is 0 Å². The van der Waals surface area contributed by atoms with Gasteiger partial charge >= 0.3 is 11.9 Å². The van der Waals surface area contributed by atoms with Crippen LogP contribution in [-0.4, -0.2) is 22.8 Å². The molecule has 0 saturated carbocycles. The molecule has 1 aromatic heterocycles. The third kappa shape index (κ3) is 3.38. The van der Waals surface area contributed by atoms with E-state index in [4.69, 9.17) is 9.15 Å². The highest BCUT2D eigenvalue weighted by Gasteiger charge is 2.24. The smallest absolute Gasteiger partial charge is 0.433 e. The number of hydrogen-bond donors (Lipinski definition) is 0. The number of benzene rings is 1. The van der Waals surface area contributed by atoms with E-state index in [1.54, 1.807) is 24.3 Å². The molecule has 2 rings (SSSR count). The largest absolute Gasteiger partial charge is 0.448 e. The van der Waals surface area contributed by atoms with E-state index in [1.165, 1.54) is 6.92 Å². The van der Waals surface area contributed by atoms with E-state index in [0.29, 0.717) is 5.56 Å². The molecule has 114 valence electrons. The normalized spacial score (nSPS) is 11.7. The summed E-state index contributed by atoms with van der Waals surface area (Å²) in [5, 5.41) is 10.5. The summed E-state index contributed by atoms with van der Waals surface area (Å²) in [7, 11) is 0. The van der Waals surface area contributed by atoms with E-state index in [-0.39, 0.29) is 11.5 Å². The monoisotopic (exact) mass is 303 g/mol. The van der Waals surface area contributed by atoms with Crippen molar-refractivity contribution in [3.63, 3.8) is 0 Å². The van der Waals surface area contributed by atoms with Crippen LogP contribution in [-0.2, 0) is 4.74 Å².